The highest BCUT2D eigenvalue weighted by atomic mass is 19.1. The fourth-order valence-corrected chi connectivity index (χ4v) is 5.03. The van der Waals surface area contributed by atoms with Gasteiger partial charge in [-0.2, -0.15) is 0 Å². The van der Waals surface area contributed by atoms with Crippen LogP contribution in [0, 0.1) is 5.82 Å². The predicted molar refractivity (Wildman–Crippen MR) is 139 cm³/mol. The molecule has 9 nitrogen and oxygen atoms in total. The van der Waals surface area contributed by atoms with Crippen molar-refractivity contribution in [1.82, 2.24) is 4.90 Å². The number of hydrogen-bond acceptors (Lipinski definition) is 7. The Morgan fingerprint density at radius 2 is 1.82 bits per heavy atom. The number of amides is 1. The number of nitrogens with one attached hydrogen (secondary N) is 1. The summed E-state index contributed by atoms with van der Waals surface area (Å²) in [4.78, 5) is 29.5. The Bertz CT molecular complexity index is 1240. The van der Waals surface area contributed by atoms with Crippen LogP contribution < -0.4 is 24.2 Å². The summed E-state index contributed by atoms with van der Waals surface area (Å²) in [5.41, 5.74) is 0.145. The van der Waals surface area contributed by atoms with E-state index in [1.165, 1.54) is 36.2 Å². The lowest BCUT2D eigenvalue weighted by molar-refractivity contribution is -0.908. The molecule has 0 aliphatic carbocycles. The van der Waals surface area contributed by atoms with Crippen LogP contribution in [0.1, 0.15) is 37.4 Å². The molecule has 2 aromatic carbocycles. The van der Waals surface area contributed by atoms with E-state index in [9.17, 15) is 19.1 Å². The minimum atomic E-state index is -1.02. The van der Waals surface area contributed by atoms with Gasteiger partial charge in [-0.15, -0.1) is 0 Å². The third-order valence-electron chi connectivity index (χ3n) is 6.95. The summed E-state index contributed by atoms with van der Waals surface area (Å²) in [5, 5.41) is 13.8. The molecule has 1 amide bonds. The maximum absolute atomic E-state index is 14.8. The average Bonchev–Trinajstić information content (AvgIpc) is 3.18. The number of likely N-dealkylation sites (tertiary alicyclic amines) is 1. The number of Topliss-reactive ketones (excluding diaryl/α,β-unsaturated/α-hetero) is 1. The molecule has 4 rings (SSSR count). The number of hydrogen-bond donors (Lipinski definition) is 1. The number of carbonyl (C=O) groups excluding carboxylic acids is 2. The van der Waals surface area contributed by atoms with Crippen LogP contribution in [0.5, 0.6) is 17.2 Å². The minimum Gasteiger partial charge on any atom is -0.872 e. The molecule has 2 heterocycles. The van der Waals surface area contributed by atoms with Crippen molar-refractivity contribution in [3.05, 3.63) is 58.9 Å². The van der Waals surface area contributed by atoms with Gasteiger partial charge >= 0.3 is 0 Å². The second-order valence-electron chi connectivity index (χ2n) is 9.86. The van der Waals surface area contributed by atoms with Crippen LogP contribution >= 0.6 is 0 Å². The summed E-state index contributed by atoms with van der Waals surface area (Å²) in [6.45, 7) is 7.68. The number of rotatable bonds is 10. The number of quaternary nitrogens is 1. The van der Waals surface area contributed by atoms with E-state index in [0.29, 0.717) is 36.7 Å². The second-order valence-corrected chi connectivity index (χ2v) is 9.86. The van der Waals surface area contributed by atoms with Gasteiger partial charge in [-0.25, -0.2) is 4.39 Å². The van der Waals surface area contributed by atoms with Crippen molar-refractivity contribution in [2.45, 2.75) is 32.4 Å². The molecule has 10 heteroatoms. The number of carbonyl (C=O) groups is 2. The van der Waals surface area contributed by atoms with Crippen LogP contribution in [0.3, 0.4) is 0 Å². The lowest BCUT2D eigenvalue weighted by Crippen LogP contribution is -3.14. The molecule has 1 unspecified atom stereocenters. The van der Waals surface area contributed by atoms with Crippen molar-refractivity contribution < 1.29 is 42.9 Å². The smallest absolute Gasteiger partial charge is 0.295 e. The molecule has 1 atom stereocenters. The molecule has 1 N–H and O–H groups in total. The minimum absolute atomic E-state index is 0.00127. The third kappa shape index (κ3) is 6.17. The zero-order chi connectivity index (χ0) is 28.1. The van der Waals surface area contributed by atoms with Gasteiger partial charge in [0.1, 0.15) is 24.6 Å². The van der Waals surface area contributed by atoms with Crippen molar-refractivity contribution in [1.29, 1.82) is 0 Å². The van der Waals surface area contributed by atoms with E-state index in [1.807, 2.05) is 0 Å². The molecular formula is C29H35FN2O7. The Morgan fingerprint density at radius 3 is 2.46 bits per heavy atom. The maximum atomic E-state index is 14.8. The SMILES string of the molecule is COc1ccc(OC)c(C2C(=C([O-])c3ccc(OC(C)C)c(F)c3)C(=O)C(=O)N2CCC[NH+]2CCOCC2)c1. The normalized spacial score (nSPS) is 19.5. The summed E-state index contributed by atoms with van der Waals surface area (Å²) in [6, 6.07) is 7.79. The predicted octanol–water partition coefficient (Wildman–Crippen LogP) is 1.16. The monoisotopic (exact) mass is 542 g/mol. The van der Waals surface area contributed by atoms with Crippen molar-refractivity contribution in [2.24, 2.45) is 0 Å². The number of ketones is 1. The zero-order valence-corrected chi connectivity index (χ0v) is 22.8. The van der Waals surface area contributed by atoms with Crippen LogP contribution in [0.25, 0.3) is 5.76 Å². The van der Waals surface area contributed by atoms with E-state index in [2.05, 4.69) is 0 Å². The first-order chi connectivity index (χ1) is 18.7. The number of benzene rings is 2. The molecule has 210 valence electrons. The molecule has 0 spiro atoms. The number of nitrogens with zero attached hydrogens (tertiary/aromatic N) is 1. The van der Waals surface area contributed by atoms with Gasteiger partial charge < -0.3 is 33.9 Å². The summed E-state index contributed by atoms with van der Waals surface area (Å²) in [5.74, 6) is -2.26. The number of halogens is 1. The van der Waals surface area contributed by atoms with E-state index in [1.54, 1.807) is 32.0 Å². The summed E-state index contributed by atoms with van der Waals surface area (Å²) < 4.78 is 36.6. The number of methoxy groups -OCH3 is 2. The van der Waals surface area contributed by atoms with E-state index < -0.39 is 29.3 Å². The van der Waals surface area contributed by atoms with E-state index in [4.69, 9.17) is 18.9 Å². The van der Waals surface area contributed by atoms with Gasteiger partial charge in [0.15, 0.2) is 11.6 Å². The van der Waals surface area contributed by atoms with Gasteiger partial charge in [0.05, 0.1) is 46.1 Å². The molecule has 0 radical (unpaired) electrons. The first kappa shape index (κ1) is 28.4. The lowest BCUT2D eigenvalue weighted by Gasteiger charge is -2.30. The molecule has 2 aliphatic rings. The number of ether oxygens (including phenoxy) is 4. The quantitative estimate of drug-likeness (QED) is 0.273. The van der Waals surface area contributed by atoms with Gasteiger partial charge in [0.2, 0.25) is 5.78 Å². The van der Waals surface area contributed by atoms with E-state index in [0.717, 1.165) is 25.7 Å². The Kier molecular flexibility index (Phi) is 9.08. The van der Waals surface area contributed by atoms with E-state index >= 15 is 0 Å². The Labute approximate surface area is 227 Å². The maximum Gasteiger partial charge on any atom is 0.295 e. The highest BCUT2D eigenvalue weighted by Gasteiger charge is 2.45. The van der Waals surface area contributed by atoms with Crippen molar-refractivity contribution in [3.63, 3.8) is 0 Å². The molecule has 2 aromatic rings. The molecular weight excluding hydrogens is 507 g/mol. The largest absolute Gasteiger partial charge is 0.872 e. The molecule has 2 saturated heterocycles. The Morgan fingerprint density at radius 1 is 1.10 bits per heavy atom. The molecule has 0 saturated carbocycles. The van der Waals surface area contributed by atoms with Crippen molar-refractivity contribution in [3.8, 4) is 17.2 Å². The molecule has 0 aromatic heterocycles. The summed E-state index contributed by atoms with van der Waals surface area (Å²) in [7, 11) is 2.97. The highest BCUT2D eigenvalue weighted by molar-refractivity contribution is 6.46. The van der Waals surface area contributed by atoms with Crippen LogP contribution in [0.4, 0.5) is 4.39 Å². The molecule has 39 heavy (non-hydrogen) atoms. The van der Waals surface area contributed by atoms with E-state index in [-0.39, 0.29) is 29.5 Å². The van der Waals surface area contributed by atoms with Crippen LogP contribution in [0.15, 0.2) is 42.0 Å². The number of morpholine rings is 1. The molecule has 2 fully saturated rings. The van der Waals surface area contributed by atoms with Gasteiger partial charge in [0, 0.05) is 24.1 Å². The summed E-state index contributed by atoms with van der Waals surface area (Å²) >= 11 is 0. The van der Waals surface area contributed by atoms with Gasteiger partial charge in [-0.3, -0.25) is 9.59 Å². The molecule has 2 aliphatic heterocycles. The van der Waals surface area contributed by atoms with Crippen molar-refractivity contribution >= 4 is 17.4 Å². The van der Waals surface area contributed by atoms with Crippen LogP contribution in [0.2, 0.25) is 0 Å². The lowest BCUT2D eigenvalue weighted by atomic mass is 9.94. The van der Waals surface area contributed by atoms with Crippen LogP contribution in [-0.2, 0) is 14.3 Å². The first-order valence-corrected chi connectivity index (χ1v) is 13.1. The fraction of sp³-hybridized carbons (Fsp3) is 0.448. The Balaban J connectivity index is 1.76. The van der Waals surface area contributed by atoms with Crippen molar-refractivity contribution in [2.75, 3.05) is 53.6 Å². The fourth-order valence-electron chi connectivity index (χ4n) is 5.03. The highest BCUT2D eigenvalue weighted by Crippen LogP contribution is 2.43. The average molecular weight is 543 g/mol. The third-order valence-corrected chi connectivity index (χ3v) is 6.95. The zero-order valence-electron chi connectivity index (χ0n) is 22.8. The van der Waals surface area contributed by atoms with Gasteiger partial charge in [0.25, 0.3) is 5.91 Å². The van der Waals surface area contributed by atoms with Gasteiger partial charge in [-0.1, -0.05) is 11.8 Å². The summed E-state index contributed by atoms with van der Waals surface area (Å²) in [6.07, 6.45) is 0.358. The first-order valence-electron chi connectivity index (χ1n) is 13.1. The second kappa shape index (κ2) is 12.5. The Hall–Kier alpha value is -3.63. The van der Waals surface area contributed by atoms with Gasteiger partial charge in [-0.05, 0) is 49.7 Å². The molecule has 0 bridgehead atoms. The topological polar surface area (TPSA) is 102 Å². The van der Waals surface area contributed by atoms with Crippen LogP contribution in [-0.4, -0.2) is 76.3 Å². The standard InChI is InChI=1S/C29H35FN2O7/c1-18(2)39-24-8-6-19(16-22(24)30)27(33)25-26(21-17-20(36-3)7-9-23(21)37-4)32(29(35)28(25)34)11-5-10-31-12-14-38-15-13-31/h6-9,16-18,26,33H,5,10-15H2,1-4H3.